The van der Waals surface area contributed by atoms with Crippen molar-refractivity contribution in [2.75, 3.05) is 5.32 Å². The summed E-state index contributed by atoms with van der Waals surface area (Å²) in [7, 11) is 0. The van der Waals surface area contributed by atoms with Crippen LogP contribution in [-0.2, 0) is 15.0 Å². The summed E-state index contributed by atoms with van der Waals surface area (Å²) in [5, 5.41) is 7.90. The predicted octanol–water partition coefficient (Wildman–Crippen LogP) is 1.27. The summed E-state index contributed by atoms with van der Waals surface area (Å²) in [5.74, 6) is -0.511. The monoisotopic (exact) mass is 253 g/mol. The standard InChI is InChI=1S/C11H15N3O2S/c1-11(2,3)7-5-17-10(13-7)12-6-4-8(15)14-9(6)16/h5-6H,4H2,1-3H3,(H,12,13)(H,14,15,16). The van der Waals surface area contributed by atoms with E-state index in [2.05, 4.69) is 36.4 Å². The minimum atomic E-state index is -0.485. The average molecular weight is 253 g/mol. The Hall–Kier alpha value is -1.43. The molecule has 2 N–H and O–H groups in total. The van der Waals surface area contributed by atoms with Gasteiger partial charge < -0.3 is 5.32 Å². The van der Waals surface area contributed by atoms with Crippen LogP contribution >= 0.6 is 11.3 Å². The van der Waals surface area contributed by atoms with Gasteiger partial charge in [-0.1, -0.05) is 20.8 Å². The van der Waals surface area contributed by atoms with Crippen LogP contribution in [0.4, 0.5) is 5.13 Å². The van der Waals surface area contributed by atoms with Gasteiger partial charge in [0.2, 0.25) is 11.8 Å². The van der Waals surface area contributed by atoms with Gasteiger partial charge in [0, 0.05) is 10.8 Å². The molecule has 1 aliphatic rings. The van der Waals surface area contributed by atoms with E-state index in [0.29, 0.717) is 5.13 Å². The summed E-state index contributed by atoms with van der Waals surface area (Å²) < 4.78 is 0. The SMILES string of the molecule is CC(C)(C)c1csc(NC2CC(=O)NC2=O)n1. The van der Waals surface area contributed by atoms with Crippen molar-refractivity contribution in [2.45, 2.75) is 38.6 Å². The third-order valence-electron chi connectivity index (χ3n) is 2.54. The van der Waals surface area contributed by atoms with Gasteiger partial charge in [-0.05, 0) is 0 Å². The van der Waals surface area contributed by atoms with Gasteiger partial charge in [0.15, 0.2) is 5.13 Å². The number of carbonyl (C=O) groups excluding carboxylic acids is 2. The second-order valence-electron chi connectivity index (χ2n) is 5.10. The zero-order valence-electron chi connectivity index (χ0n) is 10.0. The highest BCUT2D eigenvalue weighted by Crippen LogP contribution is 2.27. The Bertz CT molecular complexity index is 462. The lowest BCUT2D eigenvalue weighted by Crippen LogP contribution is -2.30. The summed E-state index contributed by atoms with van der Waals surface area (Å²) in [6.07, 6.45) is 0.184. The molecule has 1 unspecified atom stereocenters. The highest BCUT2D eigenvalue weighted by atomic mass is 32.1. The van der Waals surface area contributed by atoms with Crippen LogP contribution in [0.25, 0.3) is 0 Å². The number of thiazole rings is 1. The zero-order chi connectivity index (χ0) is 12.6. The number of nitrogens with one attached hydrogen (secondary N) is 2. The summed E-state index contributed by atoms with van der Waals surface area (Å²) in [6.45, 7) is 6.24. The molecule has 1 aliphatic heterocycles. The molecule has 0 bridgehead atoms. The molecule has 1 atom stereocenters. The second-order valence-corrected chi connectivity index (χ2v) is 5.96. The van der Waals surface area contributed by atoms with Crippen molar-refractivity contribution >= 4 is 28.3 Å². The van der Waals surface area contributed by atoms with Gasteiger partial charge in [-0.15, -0.1) is 11.3 Å². The van der Waals surface area contributed by atoms with Crippen LogP contribution in [0.3, 0.4) is 0 Å². The van der Waals surface area contributed by atoms with E-state index >= 15 is 0 Å². The molecule has 6 heteroatoms. The number of hydrogen-bond donors (Lipinski definition) is 2. The molecular formula is C11H15N3O2S. The minimum Gasteiger partial charge on any atom is -0.349 e. The number of aromatic nitrogens is 1. The molecule has 0 spiro atoms. The molecule has 0 aliphatic carbocycles. The summed E-state index contributed by atoms with van der Waals surface area (Å²) in [4.78, 5) is 26.8. The molecule has 2 heterocycles. The summed E-state index contributed by atoms with van der Waals surface area (Å²) in [6, 6.07) is -0.485. The van der Waals surface area contributed by atoms with Crippen molar-refractivity contribution in [2.24, 2.45) is 0 Å². The third-order valence-corrected chi connectivity index (χ3v) is 3.31. The number of amides is 2. The molecule has 5 nitrogen and oxygen atoms in total. The van der Waals surface area contributed by atoms with Gasteiger partial charge in [-0.2, -0.15) is 0 Å². The maximum atomic E-state index is 11.4. The van der Waals surface area contributed by atoms with Gasteiger partial charge in [-0.3, -0.25) is 14.9 Å². The highest BCUT2D eigenvalue weighted by Gasteiger charge is 2.31. The third kappa shape index (κ3) is 2.63. The largest absolute Gasteiger partial charge is 0.349 e. The molecular weight excluding hydrogens is 238 g/mol. The van der Waals surface area contributed by atoms with E-state index in [1.165, 1.54) is 11.3 Å². The van der Waals surface area contributed by atoms with E-state index in [1.54, 1.807) is 0 Å². The molecule has 0 aromatic carbocycles. The average Bonchev–Trinajstić information content (AvgIpc) is 2.74. The summed E-state index contributed by atoms with van der Waals surface area (Å²) >= 11 is 1.45. The van der Waals surface area contributed by atoms with Crippen molar-refractivity contribution in [3.8, 4) is 0 Å². The molecule has 0 radical (unpaired) electrons. The predicted molar refractivity (Wildman–Crippen MR) is 66.0 cm³/mol. The van der Waals surface area contributed by atoms with Gasteiger partial charge in [0.05, 0.1) is 12.1 Å². The van der Waals surface area contributed by atoms with E-state index < -0.39 is 6.04 Å². The fourth-order valence-electron chi connectivity index (χ4n) is 1.50. The zero-order valence-corrected chi connectivity index (χ0v) is 10.9. The van der Waals surface area contributed by atoms with Crippen molar-refractivity contribution in [3.05, 3.63) is 11.1 Å². The van der Waals surface area contributed by atoms with Crippen LogP contribution in [0, 0.1) is 0 Å². The first-order valence-electron chi connectivity index (χ1n) is 5.42. The Morgan fingerprint density at radius 2 is 2.18 bits per heavy atom. The van der Waals surface area contributed by atoms with Crippen molar-refractivity contribution < 1.29 is 9.59 Å². The Kier molecular flexibility index (Phi) is 2.91. The lowest BCUT2D eigenvalue weighted by Gasteiger charge is -2.14. The van der Waals surface area contributed by atoms with Crippen molar-refractivity contribution in [3.63, 3.8) is 0 Å². The van der Waals surface area contributed by atoms with Crippen LogP contribution in [0.5, 0.6) is 0 Å². The van der Waals surface area contributed by atoms with Gasteiger partial charge >= 0.3 is 0 Å². The Balaban J connectivity index is 2.07. The van der Waals surface area contributed by atoms with Crippen LogP contribution in [0.15, 0.2) is 5.38 Å². The Labute approximate surface area is 104 Å². The molecule has 1 fully saturated rings. The fraction of sp³-hybridized carbons (Fsp3) is 0.545. The van der Waals surface area contributed by atoms with E-state index in [0.717, 1.165) is 5.69 Å². The van der Waals surface area contributed by atoms with Crippen LogP contribution in [0.2, 0.25) is 0 Å². The van der Waals surface area contributed by atoms with Crippen LogP contribution < -0.4 is 10.6 Å². The van der Waals surface area contributed by atoms with Crippen LogP contribution in [-0.4, -0.2) is 22.8 Å². The molecule has 0 saturated carbocycles. The second kappa shape index (κ2) is 4.10. The maximum Gasteiger partial charge on any atom is 0.249 e. The first kappa shape index (κ1) is 12.0. The number of rotatable bonds is 2. The Morgan fingerprint density at radius 1 is 1.47 bits per heavy atom. The molecule has 1 aromatic heterocycles. The normalized spacial score (nSPS) is 20.5. The lowest BCUT2D eigenvalue weighted by atomic mass is 9.93. The number of nitrogens with zero attached hydrogens (tertiary/aromatic N) is 1. The van der Waals surface area contributed by atoms with Gasteiger partial charge in [-0.25, -0.2) is 4.98 Å². The molecule has 1 aromatic rings. The van der Waals surface area contributed by atoms with Gasteiger partial charge in [0.25, 0.3) is 0 Å². The topological polar surface area (TPSA) is 71.1 Å². The van der Waals surface area contributed by atoms with E-state index in [1.807, 2.05) is 5.38 Å². The van der Waals surface area contributed by atoms with E-state index in [4.69, 9.17) is 0 Å². The van der Waals surface area contributed by atoms with E-state index in [9.17, 15) is 9.59 Å². The lowest BCUT2D eigenvalue weighted by molar-refractivity contribution is -0.124. The molecule has 92 valence electrons. The fourth-order valence-corrected chi connectivity index (χ4v) is 2.49. The molecule has 1 saturated heterocycles. The smallest absolute Gasteiger partial charge is 0.249 e. The van der Waals surface area contributed by atoms with E-state index in [-0.39, 0.29) is 23.7 Å². The van der Waals surface area contributed by atoms with Crippen molar-refractivity contribution in [1.29, 1.82) is 0 Å². The summed E-state index contributed by atoms with van der Waals surface area (Å²) in [5.41, 5.74) is 0.971. The van der Waals surface area contributed by atoms with Crippen LogP contribution in [0.1, 0.15) is 32.9 Å². The molecule has 17 heavy (non-hydrogen) atoms. The highest BCUT2D eigenvalue weighted by molar-refractivity contribution is 7.13. The number of imide groups is 1. The quantitative estimate of drug-likeness (QED) is 0.779. The number of carbonyl (C=O) groups is 2. The Morgan fingerprint density at radius 3 is 2.65 bits per heavy atom. The van der Waals surface area contributed by atoms with Crippen molar-refractivity contribution in [1.82, 2.24) is 10.3 Å². The minimum absolute atomic E-state index is 0.00974. The first-order valence-corrected chi connectivity index (χ1v) is 6.30. The first-order chi connectivity index (χ1) is 7.86. The molecule has 2 rings (SSSR count). The van der Waals surface area contributed by atoms with Gasteiger partial charge in [0.1, 0.15) is 6.04 Å². The number of hydrogen-bond acceptors (Lipinski definition) is 5. The number of anilines is 1. The maximum absolute atomic E-state index is 11.4. The molecule has 2 amide bonds.